The predicted octanol–water partition coefficient (Wildman–Crippen LogP) is 0.961. The first-order valence-electron chi connectivity index (χ1n) is 6.06. The molecular formula is C12H21ClN4O. The lowest BCUT2D eigenvalue weighted by atomic mass is 9.83. The average molecular weight is 273 g/mol. The van der Waals surface area contributed by atoms with Gasteiger partial charge in [-0.3, -0.25) is 4.79 Å². The Labute approximate surface area is 114 Å². The lowest BCUT2D eigenvalue weighted by Crippen LogP contribution is -2.45. The SMILES string of the molecule is Cl.Cn1cncc1C(=O)NCC1(C)CCCNC1. The van der Waals surface area contributed by atoms with Crippen molar-refractivity contribution >= 4 is 18.3 Å². The topological polar surface area (TPSA) is 59.0 Å². The Morgan fingerprint density at radius 1 is 1.67 bits per heavy atom. The van der Waals surface area contributed by atoms with Crippen LogP contribution >= 0.6 is 12.4 Å². The summed E-state index contributed by atoms with van der Waals surface area (Å²) in [5, 5.41) is 6.37. The summed E-state index contributed by atoms with van der Waals surface area (Å²) in [5.41, 5.74) is 0.782. The van der Waals surface area contributed by atoms with E-state index in [1.165, 1.54) is 6.42 Å². The third kappa shape index (κ3) is 3.46. The summed E-state index contributed by atoms with van der Waals surface area (Å²) in [4.78, 5) is 15.9. The summed E-state index contributed by atoms with van der Waals surface area (Å²) in [6.07, 6.45) is 5.57. The number of carbonyl (C=O) groups is 1. The van der Waals surface area contributed by atoms with Gasteiger partial charge in [-0.2, -0.15) is 0 Å². The molecule has 18 heavy (non-hydrogen) atoms. The van der Waals surface area contributed by atoms with Gasteiger partial charge in [-0.05, 0) is 24.8 Å². The van der Waals surface area contributed by atoms with Gasteiger partial charge in [0, 0.05) is 20.1 Å². The number of carbonyl (C=O) groups excluding carboxylic acids is 1. The molecule has 1 atom stereocenters. The first-order valence-corrected chi connectivity index (χ1v) is 6.06. The lowest BCUT2D eigenvalue weighted by Gasteiger charge is -2.34. The summed E-state index contributed by atoms with van der Waals surface area (Å²) in [6.45, 7) is 4.98. The van der Waals surface area contributed by atoms with E-state index in [9.17, 15) is 4.79 Å². The summed E-state index contributed by atoms with van der Waals surface area (Å²) in [7, 11) is 1.83. The van der Waals surface area contributed by atoms with E-state index < -0.39 is 0 Å². The van der Waals surface area contributed by atoms with Gasteiger partial charge in [-0.15, -0.1) is 12.4 Å². The Morgan fingerprint density at radius 3 is 3.00 bits per heavy atom. The molecule has 6 heteroatoms. The second-order valence-corrected chi connectivity index (χ2v) is 5.16. The second-order valence-electron chi connectivity index (χ2n) is 5.16. The van der Waals surface area contributed by atoms with Crippen molar-refractivity contribution in [1.82, 2.24) is 20.2 Å². The largest absolute Gasteiger partial charge is 0.350 e. The number of nitrogens with one attached hydrogen (secondary N) is 2. The van der Waals surface area contributed by atoms with Gasteiger partial charge < -0.3 is 15.2 Å². The molecule has 1 aliphatic heterocycles. The highest BCUT2D eigenvalue weighted by Crippen LogP contribution is 2.24. The van der Waals surface area contributed by atoms with Crippen molar-refractivity contribution in [2.75, 3.05) is 19.6 Å². The third-order valence-corrected chi connectivity index (χ3v) is 3.41. The van der Waals surface area contributed by atoms with Crippen molar-refractivity contribution in [3.05, 3.63) is 18.2 Å². The van der Waals surface area contributed by atoms with Crippen molar-refractivity contribution in [1.29, 1.82) is 0 Å². The van der Waals surface area contributed by atoms with Crippen LogP contribution in [0.3, 0.4) is 0 Å². The molecule has 1 amide bonds. The fraction of sp³-hybridized carbons (Fsp3) is 0.667. The van der Waals surface area contributed by atoms with Crippen molar-refractivity contribution in [2.45, 2.75) is 19.8 Å². The van der Waals surface area contributed by atoms with Crippen LogP contribution in [-0.2, 0) is 7.05 Å². The molecule has 0 saturated carbocycles. The van der Waals surface area contributed by atoms with E-state index in [1.807, 2.05) is 7.05 Å². The standard InChI is InChI=1S/C12H20N4O.ClH/c1-12(4-3-5-13-7-12)8-15-11(17)10-6-14-9-16(10)2;/h6,9,13H,3-5,7-8H2,1-2H3,(H,15,17);1H. The highest BCUT2D eigenvalue weighted by Gasteiger charge is 2.27. The number of aryl methyl sites for hydroxylation is 1. The van der Waals surface area contributed by atoms with Gasteiger partial charge in [0.15, 0.2) is 0 Å². The maximum absolute atomic E-state index is 11.9. The van der Waals surface area contributed by atoms with Crippen LogP contribution in [0.25, 0.3) is 0 Å². The Kier molecular flexibility index (Phi) is 5.16. The fourth-order valence-corrected chi connectivity index (χ4v) is 2.23. The van der Waals surface area contributed by atoms with Crippen molar-refractivity contribution in [3.8, 4) is 0 Å². The number of rotatable bonds is 3. The molecule has 1 aromatic heterocycles. The Bertz CT molecular complexity index is 399. The number of hydrogen-bond acceptors (Lipinski definition) is 3. The van der Waals surface area contributed by atoms with Crippen molar-refractivity contribution < 1.29 is 4.79 Å². The third-order valence-electron chi connectivity index (χ3n) is 3.41. The van der Waals surface area contributed by atoms with Gasteiger partial charge in [-0.25, -0.2) is 4.98 Å². The molecule has 2 N–H and O–H groups in total. The van der Waals surface area contributed by atoms with Gasteiger partial charge in [-0.1, -0.05) is 6.92 Å². The molecule has 0 spiro atoms. The first kappa shape index (κ1) is 15.0. The summed E-state index contributed by atoms with van der Waals surface area (Å²) < 4.78 is 1.73. The van der Waals surface area contributed by atoms with Crippen molar-refractivity contribution in [2.24, 2.45) is 12.5 Å². The second kappa shape index (κ2) is 6.20. The molecule has 0 radical (unpaired) electrons. The van der Waals surface area contributed by atoms with Crippen LogP contribution in [0.1, 0.15) is 30.3 Å². The zero-order valence-corrected chi connectivity index (χ0v) is 11.7. The molecule has 0 aliphatic carbocycles. The zero-order valence-electron chi connectivity index (χ0n) is 10.9. The first-order chi connectivity index (χ1) is 8.11. The Balaban J connectivity index is 0.00000162. The summed E-state index contributed by atoms with van der Waals surface area (Å²) in [5.74, 6) is -0.0446. The molecule has 0 aromatic carbocycles. The fourth-order valence-electron chi connectivity index (χ4n) is 2.23. The van der Waals surface area contributed by atoms with E-state index in [2.05, 4.69) is 22.5 Å². The Morgan fingerprint density at radius 2 is 2.44 bits per heavy atom. The molecule has 0 bridgehead atoms. The average Bonchev–Trinajstić information content (AvgIpc) is 2.74. The minimum atomic E-state index is -0.0446. The van der Waals surface area contributed by atoms with E-state index in [1.54, 1.807) is 17.1 Å². The van der Waals surface area contributed by atoms with Crippen LogP contribution in [0, 0.1) is 5.41 Å². The minimum absolute atomic E-state index is 0. The Hall–Kier alpha value is -1.07. The smallest absolute Gasteiger partial charge is 0.269 e. The molecular weight excluding hydrogens is 252 g/mol. The monoisotopic (exact) mass is 272 g/mol. The number of amides is 1. The maximum Gasteiger partial charge on any atom is 0.269 e. The molecule has 2 rings (SSSR count). The van der Waals surface area contributed by atoms with E-state index in [0.717, 1.165) is 19.5 Å². The van der Waals surface area contributed by atoms with Gasteiger partial charge in [0.2, 0.25) is 0 Å². The van der Waals surface area contributed by atoms with Crippen LogP contribution in [0.15, 0.2) is 12.5 Å². The van der Waals surface area contributed by atoms with Gasteiger partial charge >= 0.3 is 0 Å². The van der Waals surface area contributed by atoms with Gasteiger partial charge in [0.05, 0.1) is 12.5 Å². The molecule has 102 valence electrons. The van der Waals surface area contributed by atoms with Crippen LogP contribution in [0.2, 0.25) is 0 Å². The molecule has 2 heterocycles. The number of imidazole rings is 1. The maximum atomic E-state index is 11.9. The van der Waals surface area contributed by atoms with Crippen LogP contribution in [-0.4, -0.2) is 35.1 Å². The molecule has 1 aromatic rings. The van der Waals surface area contributed by atoms with Crippen LogP contribution in [0.5, 0.6) is 0 Å². The van der Waals surface area contributed by atoms with Crippen LogP contribution < -0.4 is 10.6 Å². The summed E-state index contributed by atoms with van der Waals surface area (Å²) >= 11 is 0. The van der Waals surface area contributed by atoms with E-state index in [-0.39, 0.29) is 23.7 Å². The molecule has 1 aliphatic rings. The molecule has 1 fully saturated rings. The van der Waals surface area contributed by atoms with Gasteiger partial charge in [0.25, 0.3) is 5.91 Å². The highest BCUT2D eigenvalue weighted by molar-refractivity contribution is 5.92. The van der Waals surface area contributed by atoms with Crippen molar-refractivity contribution in [3.63, 3.8) is 0 Å². The molecule has 1 saturated heterocycles. The minimum Gasteiger partial charge on any atom is -0.350 e. The summed E-state index contributed by atoms with van der Waals surface area (Å²) in [6, 6.07) is 0. The quantitative estimate of drug-likeness (QED) is 0.862. The zero-order chi connectivity index (χ0) is 12.3. The van der Waals surface area contributed by atoms with E-state index in [0.29, 0.717) is 12.2 Å². The predicted molar refractivity (Wildman–Crippen MR) is 73.0 cm³/mol. The number of nitrogens with zero attached hydrogens (tertiary/aromatic N) is 2. The number of piperidine rings is 1. The van der Waals surface area contributed by atoms with Gasteiger partial charge in [0.1, 0.15) is 5.69 Å². The van der Waals surface area contributed by atoms with E-state index in [4.69, 9.17) is 0 Å². The molecule has 5 nitrogen and oxygen atoms in total. The normalized spacial score (nSPS) is 23.2. The molecule has 1 unspecified atom stereocenters. The van der Waals surface area contributed by atoms with E-state index >= 15 is 0 Å². The number of hydrogen-bond donors (Lipinski definition) is 2. The van der Waals surface area contributed by atoms with Crippen LogP contribution in [0.4, 0.5) is 0 Å². The number of aromatic nitrogens is 2. The lowest BCUT2D eigenvalue weighted by molar-refractivity contribution is 0.0916. The highest BCUT2D eigenvalue weighted by atomic mass is 35.5. The number of halogens is 1.